The van der Waals surface area contributed by atoms with Crippen molar-refractivity contribution >= 4 is 22.1 Å². The molecule has 0 saturated carbocycles. The Hall–Kier alpha value is -1.45. The van der Waals surface area contributed by atoms with Gasteiger partial charge in [-0.05, 0) is 69.6 Å². The molecule has 7 nitrogen and oxygen atoms in total. The SMILES string of the molecule is CCCC/C=C/CCCCCCCCCCCCCOC(=O)c1ccc(S(=O)(=O)[O-])cc1C(=O)OCCCCCCCCCCCCC/C=C/CCCC.[Na+]. The number of rotatable bonds is 37. The minimum Gasteiger partial charge on any atom is -0.744 e. The van der Waals surface area contributed by atoms with Gasteiger partial charge in [0.05, 0.1) is 29.2 Å². The molecule has 0 bridgehead atoms. The van der Waals surface area contributed by atoms with Crippen molar-refractivity contribution in [3.05, 3.63) is 53.6 Å². The van der Waals surface area contributed by atoms with Crippen LogP contribution in [-0.4, -0.2) is 38.1 Å². The van der Waals surface area contributed by atoms with Crippen LogP contribution in [0.5, 0.6) is 0 Å². The van der Waals surface area contributed by atoms with Gasteiger partial charge in [0.25, 0.3) is 0 Å². The van der Waals surface area contributed by atoms with Crippen LogP contribution in [0.2, 0.25) is 0 Å². The average Bonchev–Trinajstić information content (AvgIpc) is 3.16. The number of carbonyl (C=O) groups excluding carboxylic acids is 2. The van der Waals surface area contributed by atoms with Crippen LogP contribution in [0.1, 0.15) is 227 Å². The van der Waals surface area contributed by atoms with Crippen molar-refractivity contribution in [2.45, 2.75) is 211 Å². The summed E-state index contributed by atoms with van der Waals surface area (Å²) in [6, 6.07) is 3.14. The second-order valence-corrected chi connectivity index (χ2v) is 16.4. The fourth-order valence-electron chi connectivity index (χ4n) is 6.54. The number of benzene rings is 1. The monoisotopic (exact) mass is 797 g/mol. The Labute approximate surface area is 359 Å². The van der Waals surface area contributed by atoms with E-state index in [0.29, 0.717) is 12.8 Å². The zero-order chi connectivity index (χ0) is 39.4. The second kappa shape index (κ2) is 38.1. The summed E-state index contributed by atoms with van der Waals surface area (Å²) < 4.78 is 45.8. The van der Waals surface area contributed by atoms with Crippen molar-refractivity contribution in [1.82, 2.24) is 0 Å². The van der Waals surface area contributed by atoms with E-state index in [0.717, 1.165) is 50.7 Å². The molecule has 0 amide bonds. The molecule has 9 heteroatoms. The minimum atomic E-state index is -4.82. The van der Waals surface area contributed by atoms with Crippen LogP contribution in [0.3, 0.4) is 0 Å². The zero-order valence-electron chi connectivity index (χ0n) is 35.4. The molecule has 0 radical (unpaired) electrons. The van der Waals surface area contributed by atoms with Crippen LogP contribution in [0.15, 0.2) is 47.4 Å². The van der Waals surface area contributed by atoms with E-state index in [1.54, 1.807) is 0 Å². The molecule has 1 aromatic rings. The molecule has 0 unspecified atom stereocenters. The van der Waals surface area contributed by atoms with Gasteiger partial charge < -0.3 is 14.0 Å². The van der Waals surface area contributed by atoms with Crippen molar-refractivity contribution in [3.63, 3.8) is 0 Å². The van der Waals surface area contributed by atoms with Crippen molar-refractivity contribution in [1.29, 1.82) is 0 Å². The van der Waals surface area contributed by atoms with Gasteiger partial charge in [-0.25, -0.2) is 18.0 Å². The molecule has 0 aromatic heterocycles. The van der Waals surface area contributed by atoms with Gasteiger partial charge in [0, 0.05) is 0 Å². The number of esters is 2. The number of ether oxygens (including phenoxy) is 2. The summed E-state index contributed by atoms with van der Waals surface area (Å²) >= 11 is 0. The van der Waals surface area contributed by atoms with E-state index >= 15 is 0 Å². The average molecular weight is 797 g/mol. The predicted octanol–water partition coefficient (Wildman–Crippen LogP) is 10.8. The molecule has 0 aliphatic heterocycles. The molecule has 0 fully saturated rings. The summed E-state index contributed by atoms with van der Waals surface area (Å²) in [6.45, 7) is 4.83. The number of unbranched alkanes of at least 4 members (excludes halogenated alkanes) is 26. The standard InChI is InChI=1S/C46H78O7S.Na/c1-3-5-7-9-11-13-15-17-19-21-23-25-27-29-31-33-35-39-52-45(47)43-38-37-42(54(49,50)51)41-44(43)46(48)53-40-36-34-32-30-28-26-24-22-20-18-16-14-12-10-8-6-4-2;/h9-12,37-38,41H,3-8,13-36,39-40H2,1-2H3,(H,49,50,51);/q;+1/p-1/b11-9+,12-10+;. The van der Waals surface area contributed by atoms with E-state index in [-0.39, 0.29) is 53.9 Å². The second-order valence-electron chi connectivity index (χ2n) is 15.0. The number of hydrogen-bond acceptors (Lipinski definition) is 7. The van der Waals surface area contributed by atoms with Gasteiger partial charge in [-0.15, -0.1) is 0 Å². The number of allylic oxidation sites excluding steroid dienone is 4. The molecule has 0 aliphatic rings. The van der Waals surface area contributed by atoms with Crippen molar-refractivity contribution in [3.8, 4) is 0 Å². The fraction of sp³-hybridized carbons (Fsp3) is 0.739. The van der Waals surface area contributed by atoms with Gasteiger partial charge in [-0.1, -0.05) is 179 Å². The Balaban J connectivity index is 0.0000292. The molecule has 0 atom stereocenters. The topological polar surface area (TPSA) is 110 Å². The maximum Gasteiger partial charge on any atom is 1.00 e. The third-order valence-corrected chi connectivity index (χ3v) is 10.8. The first kappa shape index (κ1) is 53.6. The van der Waals surface area contributed by atoms with Crippen LogP contribution < -0.4 is 29.6 Å². The first-order valence-electron chi connectivity index (χ1n) is 22.0. The maximum atomic E-state index is 12.9. The number of hydrogen-bond donors (Lipinski definition) is 0. The first-order chi connectivity index (χ1) is 26.3. The minimum absolute atomic E-state index is 0. The maximum absolute atomic E-state index is 12.9. The first-order valence-corrected chi connectivity index (χ1v) is 23.5. The van der Waals surface area contributed by atoms with Gasteiger partial charge >= 0.3 is 41.5 Å². The van der Waals surface area contributed by atoms with Gasteiger partial charge in [-0.3, -0.25) is 0 Å². The molecule has 0 spiro atoms. The molecule has 0 N–H and O–H groups in total. The fourth-order valence-corrected chi connectivity index (χ4v) is 7.03. The largest absolute Gasteiger partial charge is 1.00 e. The third-order valence-electron chi connectivity index (χ3n) is 10.00. The van der Waals surface area contributed by atoms with Crippen LogP contribution in [-0.2, 0) is 19.6 Å². The quantitative estimate of drug-likeness (QED) is 0.0217. The Morgan fingerprint density at radius 2 is 0.800 bits per heavy atom. The normalized spacial score (nSPS) is 11.7. The van der Waals surface area contributed by atoms with E-state index in [9.17, 15) is 22.6 Å². The van der Waals surface area contributed by atoms with E-state index in [1.165, 1.54) is 147 Å². The summed E-state index contributed by atoms with van der Waals surface area (Å²) in [5.74, 6) is -1.55. The zero-order valence-corrected chi connectivity index (χ0v) is 38.3. The smallest absolute Gasteiger partial charge is 0.744 e. The van der Waals surface area contributed by atoms with Crippen LogP contribution in [0.4, 0.5) is 0 Å². The predicted molar refractivity (Wildman–Crippen MR) is 223 cm³/mol. The molecule has 0 heterocycles. The van der Waals surface area contributed by atoms with Crippen molar-refractivity contribution in [2.75, 3.05) is 13.2 Å². The summed E-state index contributed by atoms with van der Waals surface area (Å²) in [7, 11) is -4.82. The molecule has 0 aliphatic carbocycles. The van der Waals surface area contributed by atoms with Crippen molar-refractivity contribution in [2.24, 2.45) is 0 Å². The molecule has 1 aromatic carbocycles. The third kappa shape index (κ3) is 31.3. The molecule has 1 rings (SSSR count). The molecule has 310 valence electrons. The molecular formula is C46H77NaO7S. The van der Waals surface area contributed by atoms with Gasteiger partial charge in [0.1, 0.15) is 10.1 Å². The Kier molecular flexibility index (Phi) is 37.1. The summed E-state index contributed by atoms with van der Waals surface area (Å²) in [6.07, 6.45) is 45.0. The van der Waals surface area contributed by atoms with E-state index in [4.69, 9.17) is 9.47 Å². The molecular weight excluding hydrogens is 720 g/mol. The van der Waals surface area contributed by atoms with Crippen LogP contribution >= 0.6 is 0 Å². The summed E-state index contributed by atoms with van der Waals surface area (Å²) in [5.41, 5.74) is -0.338. The van der Waals surface area contributed by atoms with Crippen LogP contribution in [0.25, 0.3) is 0 Å². The number of carbonyl (C=O) groups is 2. The summed E-state index contributed by atoms with van der Waals surface area (Å²) in [5, 5.41) is 0. The van der Waals surface area contributed by atoms with E-state index < -0.39 is 27.0 Å². The van der Waals surface area contributed by atoms with E-state index in [2.05, 4.69) is 38.2 Å². The molecule has 0 saturated heterocycles. The van der Waals surface area contributed by atoms with Gasteiger partial charge in [-0.2, -0.15) is 0 Å². The van der Waals surface area contributed by atoms with Gasteiger partial charge in [0.15, 0.2) is 0 Å². The van der Waals surface area contributed by atoms with Crippen molar-refractivity contribution < 1.29 is 61.6 Å². The van der Waals surface area contributed by atoms with Crippen LogP contribution in [0, 0.1) is 0 Å². The Morgan fingerprint density at radius 3 is 1.15 bits per heavy atom. The molecule has 55 heavy (non-hydrogen) atoms. The Bertz CT molecular complexity index is 1240. The Morgan fingerprint density at radius 1 is 0.491 bits per heavy atom. The van der Waals surface area contributed by atoms with Gasteiger partial charge in [0.2, 0.25) is 0 Å². The summed E-state index contributed by atoms with van der Waals surface area (Å²) in [4.78, 5) is 25.2. The van der Waals surface area contributed by atoms with E-state index in [1.807, 2.05) is 0 Å².